The largest absolute Gasteiger partial charge is 0.477 e. The van der Waals surface area contributed by atoms with Gasteiger partial charge in [-0.15, -0.1) is 0 Å². The zero-order valence-corrected chi connectivity index (χ0v) is 8.44. The van der Waals surface area contributed by atoms with E-state index in [1.165, 1.54) is 25.5 Å². The van der Waals surface area contributed by atoms with Crippen molar-refractivity contribution in [3.63, 3.8) is 0 Å². The first-order chi connectivity index (χ1) is 7.25. The highest BCUT2D eigenvalue weighted by Crippen LogP contribution is 2.26. The van der Waals surface area contributed by atoms with Crippen LogP contribution in [0.1, 0.15) is 29.8 Å². The lowest BCUT2D eigenvalue weighted by molar-refractivity contribution is 0.0690. The molecule has 0 atom stereocenters. The molecule has 80 valence electrons. The Labute approximate surface area is 88.3 Å². The summed E-state index contributed by atoms with van der Waals surface area (Å²) in [6.45, 7) is 0.934. The van der Waals surface area contributed by atoms with Crippen LogP contribution in [0.25, 0.3) is 0 Å². The first kappa shape index (κ1) is 9.96. The van der Waals surface area contributed by atoms with Gasteiger partial charge in [0.25, 0.3) is 0 Å². The van der Waals surface area contributed by atoms with Crippen LogP contribution in [0.15, 0.2) is 18.3 Å². The molecule has 1 saturated carbocycles. The van der Waals surface area contributed by atoms with E-state index in [0.717, 1.165) is 18.2 Å². The Balaban J connectivity index is 1.94. The SMILES string of the molecule is O=C(O)c1cc(NCC2CCC2)ccn1. The van der Waals surface area contributed by atoms with Gasteiger partial charge >= 0.3 is 5.97 Å². The molecule has 1 aromatic heterocycles. The minimum Gasteiger partial charge on any atom is -0.477 e. The van der Waals surface area contributed by atoms with E-state index in [9.17, 15) is 4.79 Å². The van der Waals surface area contributed by atoms with Crippen molar-refractivity contribution < 1.29 is 9.90 Å². The average molecular weight is 206 g/mol. The molecule has 0 bridgehead atoms. The summed E-state index contributed by atoms with van der Waals surface area (Å²) in [4.78, 5) is 14.4. The molecule has 2 rings (SSSR count). The lowest BCUT2D eigenvalue weighted by Gasteiger charge is -2.25. The Kier molecular flexibility index (Phi) is 2.85. The summed E-state index contributed by atoms with van der Waals surface area (Å²) in [5.41, 5.74) is 0.933. The van der Waals surface area contributed by atoms with Gasteiger partial charge in [-0.05, 0) is 30.9 Å². The molecule has 4 nitrogen and oxygen atoms in total. The summed E-state index contributed by atoms with van der Waals surface area (Å²) >= 11 is 0. The first-order valence-corrected chi connectivity index (χ1v) is 5.19. The van der Waals surface area contributed by atoms with Crippen LogP contribution in [-0.4, -0.2) is 22.6 Å². The van der Waals surface area contributed by atoms with Crippen LogP contribution in [0.2, 0.25) is 0 Å². The number of carbonyl (C=O) groups is 1. The maximum absolute atomic E-state index is 10.7. The predicted molar refractivity (Wildman–Crippen MR) is 57.0 cm³/mol. The number of anilines is 1. The molecule has 1 heterocycles. The van der Waals surface area contributed by atoms with Crippen LogP contribution in [0, 0.1) is 5.92 Å². The minimum atomic E-state index is -0.984. The third kappa shape index (κ3) is 2.46. The van der Waals surface area contributed by atoms with Crippen LogP contribution in [-0.2, 0) is 0 Å². The number of aromatic carboxylic acids is 1. The predicted octanol–water partition coefficient (Wildman–Crippen LogP) is 1.99. The van der Waals surface area contributed by atoms with Gasteiger partial charge in [-0.3, -0.25) is 0 Å². The van der Waals surface area contributed by atoms with E-state index in [-0.39, 0.29) is 5.69 Å². The molecule has 0 spiro atoms. The fourth-order valence-corrected chi connectivity index (χ4v) is 1.62. The normalized spacial score (nSPS) is 15.7. The fourth-order valence-electron chi connectivity index (χ4n) is 1.62. The Bertz CT molecular complexity index is 361. The Morgan fingerprint density at radius 2 is 2.40 bits per heavy atom. The van der Waals surface area contributed by atoms with Gasteiger partial charge in [-0.25, -0.2) is 9.78 Å². The number of aromatic nitrogens is 1. The zero-order chi connectivity index (χ0) is 10.7. The van der Waals surface area contributed by atoms with Gasteiger partial charge in [0.1, 0.15) is 5.69 Å². The number of hydrogen-bond donors (Lipinski definition) is 2. The molecule has 0 aliphatic heterocycles. The van der Waals surface area contributed by atoms with Crippen molar-refractivity contribution in [2.45, 2.75) is 19.3 Å². The van der Waals surface area contributed by atoms with Crippen molar-refractivity contribution in [1.29, 1.82) is 0 Å². The van der Waals surface area contributed by atoms with E-state index in [1.807, 2.05) is 0 Å². The number of carboxylic acids is 1. The van der Waals surface area contributed by atoms with Crippen LogP contribution in [0.4, 0.5) is 5.69 Å². The number of nitrogens with one attached hydrogen (secondary N) is 1. The van der Waals surface area contributed by atoms with Crippen molar-refractivity contribution in [3.8, 4) is 0 Å². The van der Waals surface area contributed by atoms with Gasteiger partial charge in [-0.2, -0.15) is 0 Å². The smallest absolute Gasteiger partial charge is 0.354 e. The summed E-state index contributed by atoms with van der Waals surface area (Å²) in [6.07, 6.45) is 5.41. The van der Waals surface area contributed by atoms with Crippen LogP contribution in [0.3, 0.4) is 0 Å². The molecular formula is C11H14N2O2. The highest BCUT2D eigenvalue weighted by Gasteiger charge is 2.16. The van der Waals surface area contributed by atoms with E-state index >= 15 is 0 Å². The van der Waals surface area contributed by atoms with Crippen molar-refractivity contribution in [2.24, 2.45) is 5.92 Å². The van der Waals surface area contributed by atoms with Gasteiger partial charge in [0.05, 0.1) is 0 Å². The summed E-state index contributed by atoms with van der Waals surface area (Å²) in [5, 5.41) is 12.0. The van der Waals surface area contributed by atoms with Crippen LogP contribution >= 0.6 is 0 Å². The fraction of sp³-hybridized carbons (Fsp3) is 0.455. The molecule has 1 fully saturated rings. The van der Waals surface area contributed by atoms with E-state index in [1.54, 1.807) is 12.1 Å². The van der Waals surface area contributed by atoms with Gasteiger partial charge in [0, 0.05) is 18.4 Å². The average Bonchev–Trinajstić information content (AvgIpc) is 2.16. The molecule has 1 aliphatic rings. The van der Waals surface area contributed by atoms with E-state index in [0.29, 0.717) is 0 Å². The number of carboxylic acid groups (broad SMARTS) is 1. The first-order valence-electron chi connectivity index (χ1n) is 5.19. The quantitative estimate of drug-likeness (QED) is 0.790. The molecule has 1 aromatic rings. The molecule has 0 radical (unpaired) electrons. The number of rotatable bonds is 4. The molecule has 0 saturated heterocycles. The molecule has 15 heavy (non-hydrogen) atoms. The minimum absolute atomic E-state index is 0.0913. The monoisotopic (exact) mass is 206 g/mol. The maximum atomic E-state index is 10.7. The van der Waals surface area contributed by atoms with Crippen LogP contribution in [0.5, 0.6) is 0 Å². The molecule has 0 aromatic carbocycles. The molecule has 0 unspecified atom stereocenters. The van der Waals surface area contributed by atoms with Gasteiger partial charge < -0.3 is 10.4 Å². The molecule has 2 N–H and O–H groups in total. The Hall–Kier alpha value is -1.58. The van der Waals surface area contributed by atoms with Gasteiger partial charge in [0.15, 0.2) is 0 Å². The second-order valence-corrected chi connectivity index (χ2v) is 3.91. The molecular weight excluding hydrogens is 192 g/mol. The highest BCUT2D eigenvalue weighted by atomic mass is 16.4. The van der Waals surface area contributed by atoms with Crippen molar-refractivity contribution in [3.05, 3.63) is 24.0 Å². The number of hydrogen-bond acceptors (Lipinski definition) is 3. The summed E-state index contributed by atoms with van der Waals surface area (Å²) in [7, 11) is 0. The highest BCUT2D eigenvalue weighted by molar-refractivity contribution is 5.86. The number of pyridine rings is 1. The van der Waals surface area contributed by atoms with E-state index < -0.39 is 5.97 Å². The van der Waals surface area contributed by atoms with Gasteiger partial charge in [-0.1, -0.05) is 6.42 Å². The van der Waals surface area contributed by atoms with Crippen molar-refractivity contribution in [2.75, 3.05) is 11.9 Å². The molecule has 0 amide bonds. The summed E-state index contributed by atoms with van der Waals surface area (Å²) < 4.78 is 0. The van der Waals surface area contributed by atoms with Gasteiger partial charge in [0.2, 0.25) is 0 Å². The lowest BCUT2D eigenvalue weighted by atomic mass is 9.85. The van der Waals surface area contributed by atoms with E-state index in [2.05, 4.69) is 10.3 Å². The summed E-state index contributed by atoms with van der Waals surface area (Å²) in [5.74, 6) is -0.228. The Morgan fingerprint density at radius 1 is 1.60 bits per heavy atom. The topological polar surface area (TPSA) is 62.2 Å². The number of nitrogens with zero attached hydrogens (tertiary/aromatic N) is 1. The van der Waals surface area contributed by atoms with Crippen molar-refractivity contribution in [1.82, 2.24) is 4.98 Å². The third-order valence-corrected chi connectivity index (χ3v) is 2.80. The standard InChI is InChI=1S/C11H14N2O2/c14-11(15)10-6-9(4-5-12-10)13-7-8-2-1-3-8/h4-6,8H,1-3,7H2,(H,12,13)(H,14,15). The lowest BCUT2D eigenvalue weighted by Crippen LogP contribution is -2.21. The second kappa shape index (κ2) is 4.29. The Morgan fingerprint density at radius 3 is 3.00 bits per heavy atom. The molecule has 1 aliphatic carbocycles. The maximum Gasteiger partial charge on any atom is 0.354 e. The molecule has 4 heteroatoms. The summed E-state index contributed by atoms with van der Waals surface area (Å²) in [6, 6.07) is 3.37. The second-order valence-electron chi connectivity index (χ2n) is 3.91. The van der Waals surface area contributed by atoms with E-state index in [4.69, 9.17) is 5.11 Å². The van der Waals surface area contributed by atoms with Crippen molar-refractivity contribution >= 4 is 11.7 Å². The zero-order valence-electron chi connectivity index (χ0n) is 8.44. The van der Waals surface area contributed by atoms with Crippen LogP contribution < -0.4 is 5.32 Å². The third-order valence-electron chi connectivity index (χ3n) is 2.80.